The maximum atomic E-state index is 10.7. The maximum Gasteiger partial charge on any atom is 0.304 e. The summed E-state index contributed by atoms with van der Waals surface area (Å²) in [5.41, 5.74) is 5.79. The molecule has 94 valence electrons. The number of aliphatic carboxylic acids is 1. The van der Waals surface area contributed by atoms with Crippen molar-refractivity contribution in [3.63, 3.8) is 0 Å². The molecule has 3 N–H and O–H groups in total. The number of hydrogen-bond acceptors (Lipinski definition) is 3. The van der Waals surface area contributed by atoms with Crippen LogP contribution in [0.5, 0.6) is 0 Å². The molecule has 3 unspecified atom stereocenters. The summed E-state index contributed by atoms with van der Waals surface area (Å²) in [4.78, 5) is 13.0. The molecule has 1 aliphatic heterocycles. The molecule has 0 spiro atoms. The molecule has 1 aliphatic rings. The van der Waals surface area contributed by atoms with Crippen LogP contribution in [0.1, 0.15) is 39.5 Å². The molecule has 0 amide bonds. The Morgan fingerprint density at radius 3 is 2.81 bits per heavy atom. The van der Waals surface area contributed by atoms with Crippen molar-refractivity contribution in [1.82, 2.24) is 4.90 Å². The van der Waals surface area contributed by atoms with Gasteiger partial charge in [0.05, 0.1) is 6.42 Å². The highest BCUT2D eigenvalue weighted by atomic mass is 16.4. The number of rotatable bonds is 5. The SMILES string of the molecule is CCC1CCN(C(C)CC(=O)O)C(CN)C1. The average molecular weight is 228 g/mol. The second-order valence-electron chi connectivity index (χ2n) is 4.87. The van der Waals surface area contributed by atoms with E-state index in [1.54, 1.807) is 0 Å². The Labute approximate surface area is 97.8 Å². The van der Waals surface area contributed by atoms with Crippen LogP contribution in [-0.4, -0.2) is 41.1 Å². The lowest BCUT2D eigenvalue weighted by Gasteiger charge is -2.42. The highest BCUT2D eigenvalue weighted by Gasteiger charge is 2.30. The van der Waals surface area contributed by atoms with E-state index in [-0.39, 0.29) is 12.5 Å². The van der Waals surface area contributed by atoms with Gasteiger partial charge in [0, 0.05) is 18.6 Å². The van der Waals surface area contributed by atoms with Crippen molar-refractivity contribution in [2.45, 2.75) is 51.6 Å². The molecule has 16 heavy (non-hydrogen) atoms. The first-order valence-corrected chi connectivity index (χ1v) is 6.26. The quantitative estimate of drug-likeness (QED) is 0.744. The summed E-state index contributed by atoms with van der Waals surface area (Å²) >= 11 is 0. The number of carboxylic acids is 1. The molecule has 1 rings (SSSR count). The lowest BCUT2D eigenvalue weighted by atomic mass is 9.88. The Morgan fingerprint density at radius 1 is 1.62 bits per heavy atom. The van der Waals surface area contributed by atoms with Gasteiger partial charge in [-0.2, -0.15) is 0 Å². The van der Waals surface area contributed by atoms with Crippen LogP contribution < -0.4 is 5.73 Å². The van der Waals surface area contributed by atoms with Crippen LogP contribution in [0, 0.1) is 5.92 Å². The summed E-state index contributed by atoms with van der Waals surface area (Å²) in [6.45, 7) is 5.84. The van der Waals surface area contributed by atoms with Gasteiger partial charge >= 0.3 is 5.97 Å². The van der Waals surface area contributed by atoms with E-state index in [9.17, 15) is 4.79 Å². The molecule has 0 aliphatic carbocycles. The fourth-order valence-corrected chi connectivity index (χ4v) is 2.70. The van der Waals surface area contributed by atoms with Crippen LogP contribution in [0.2, 0.25) is 0 Å². The Kier molecular flexibility index (Phi) is 5.22. The Bertz CT molecular complexity index is 233. The zero-order valence-corrected chi connectivity index (χ0v) is 10.4. The van der Waals surface area contributed by atoms with Crippen molar-refractivity contribution in [1.29, 1.82) is 0 Å². The fourth-order valence-electron chi connectivity index (χ4n) is 2.70. The number of likely N-dealkylation sites (tertiary alicyclic amines) is 1. The van der Waals surface area contributed by atoms with E-state index in [1.165, 1.54) is 12.8 Å². The number of carbonyl (C=O) groups is 1. The van der Waals surface area contributed by atoms with Crippen LogP contribution in [0.25, 0.3) is 0 Å². The molecule has 1 saturated heterocycles. The van der Waals surface area contributed by atoms with Gasteiger partial charge in [-0.1, -0.05) is 13.3 Å². The van der Waals surface area contributed by atoms with Gasteiger partial charge in [-0.15, -0.1) is 0 Å². The third-order valence-corrected chi connectivity index (χ3v) is 3.76. The number of piperidine rings is 1. The molecule has 0 bridgehead atoms. The second kappa shape index (κ2) is 6.21. The predicted octanol–water partition coefficient (Wildman–Crippen LogP) is 1.30. The van der Waals surface area contributed by atoms with Gasteiger partial charge in [-0.3, -0.25) is 9.69 Å². The minimum atomic E-state index is -0.721. The predicted molar refractivity (Wildman–Crippen MR) is 64.3 cm³/mol. The van der Waals surface area contributed by atoms with Gasteiger partial charge in [-0.25, -0.2) is 0 Å². The Hall–Kier alpha value is -0.610. The molecule has 0 aromatic carbocycles. The molecule has 0 saturated carbocycles. The van der Waals surface area contributed by atoms with Crippen molar-refractivity contribution in [3.8, 4) is 0 Å². The number of hydrogen-bond donors (Lipinski definition) is 2. The first-order chi connectivity index (χ1) is 7.58. The zero-order chi connectivity index (χ0) is 12.1. The summed E-state index contributed by atoms with van der Waals surface area (Å²) in [6, 6.07) is 0.469. The normalized spacial score (nSPS) is 28.9. The summed E-state index contributed by atoms with van der Waals surface area (Å²) in [5.74, 6) is 0.0442. The largest absolute Gasteiger partial charge is 0.481 e. The molecule has 0 aromatic rings. The summed E-state index contributed by atoms with van der Waals surface area (Å²) in [7, 11) is 0. The van der Waals surface area contributed by atoms with E-state index < -0.39 is 5.97 Å². The van der Waals surface area contributed by atoms with Crippen molar-refractivity contribution in [2.24, 2.45) is 11.7 Å². The van der Waals surface area contributed by atoms with Gasteiger partial charge in [0.2, 0.25) is 0 Å². The number of carboxylic acid groups (broad SMARTS) is 1. The van der Waals surface area contributed by atoms with Crippen molar-refractivity contribution in [2.75, 3.05) is 13.1 Å². The van der Waals surface area contributed by atoms with E-state index in [1.807, 2.05) is 6.92 Å². The summed E-state index contributed by atoms with van der Waals surface area (Å²) in [6.07, 6.45) is 3.72. The van der Waals surface area contributed by atoms with Crippen molar-refractivity contribution >= 4 is 5.97 Å². The summed E-state index contributed by atoms with van der Waals surface area (Å²) in [5, 5.41) is 8.81. The van der Waals surface area contributed by atoms with Gasteiger partial charge in [0.25, 0.3) is 0 Å². The van der Waals surface area contributed by atoms with Crippen molar-refractivity contribution < 1.29 is 9.90 Å². The Balaban J connectivity index is 2.55. The molecular weight excluding hydrogens is 204 g/mol. The van der Waals surface area contributed by atoms with E-state index in [2.05, 4.69) is 11.8 Å². The van der Waals surface area contributed by atoms with Gasteiger partial charge in [0.15, 0.2) is 0 Å². The first-order valence-electron chi connectivity index (χ1n) is 6.26. The smallest absolute Gasteiger partial charge is 0.304 e. The third-order valence-electron chi connectivity index (χ3n) is 3.76. The third kappa shape index (κ3) is 3.46. The number of nitrogens with two attached hydrogens (primary N) is 1. The molecule has 0 radical (unpaired) electrons. The van der Waals surface area contributed by atoms with Crippen LogP contribution >= 0.6 is 0 Å². The molecule has 4 nitrogen and oxygen atoms in total. The van der Waals surface area contributed by atoms with Gasteiger partial charge < -0.3 is 10.8 Å². The Morgan fingerprint density at radius 2 is 2.31 bits per heavy atom. The molecule has 4 heteroatoms. The molecule has 1 fully saturated rings. The summed E-state index contributed by atoms with van der Waals surface area (Å²) < 4.78 is 0. The fraction of sp³-hybridized carbons (Fsp3) is 0.917. The van der Waals surface area contributed by atoms with Crippen molar-refractivity contribution in [3.05, 3.63) is 0 Å². The highest BCUT2D eigenvalue weighted by molar-refractivity contribution is 5.67. The highest BCUT2D eigenvalue weighted by Crippen LogP contribution is 2.27. The second-order valence-corrected chi connectivity index (χ2v) is 4.87. The van der Waals surface area contributed by atoms with Crippen LogP contribution in [0.3, 0.4) is 0 Å². The molecular formula is C12H24N2O2. The lowest BCUT2D eigenvalue weighted by molar-refractivity contribution is -0.138. The average Bonchev–Trinajstić information content (AvgIpc) is 2.27. The van der Waals surface area contributed by atoms with Crippen LogP contribution in [0.4, 0.5) is 0 Å². The van der Waals surface area contributed by atoms with E-state index >= 15 is 0 Å². The van der Waals surface area contributed by atoms with E-state index in [4.69, 9.17) is 10.8 Å². The van der Waals surface area contributed by atoms with E-state index in [0.29, 0.717) is 12.6 Å². The zero-order valence-electron chi connectivity index (χ0n) is 10.4. The standard InChI is InChI=1S/C12H24N2O2/c1-3-10-4-5-14(11(7-10)8-13)9(2)6-12(15)16/h9-11H,3-8,13H2,1-2H3,(H,15,16). The van der Waals surface area contributed by atoms with Crippen LogP contribution in [0.15, 0.2) is 0 Å². The first kappa shape index (κ1) is 13.5. The van der Waals surface area contributed by atoms with E-state index in [0.717, 1.165) is 18.9 Å². The monoisotopic (exact) mass is 228 g/mol. The maximum absolute atomic E-state index is 10.7. The van der Waals surface area contributed by atoms with Gasteiger partial charge in [0.1, 0.15) is 0 Å². The molecule has 3 atom stereocenters. The number of nitrogens with zero attached hydrogens (tertiary/aromatic N) is 1. The lowest BCUT2D eigenvalue weighted by Crippen LogP contribution is -2.51. The van der Waals surface area contributed by atoms with Crippen LogP contribution in [-0.2, 0) is 4.79 Å². The minimum absolute atomic E-state index is 0.101. The van der Waals surface area contributed by atoms with Gasteiger partial charge in [-0.05, 0) is 32.2 Å². The topological polar surface area (TPSA) is 66.6 Å². The molecule has 1 heterocycles. The minimum Gasteiger partial charge on any atom is -0.481 e. The molecule has 0 aromatic heterocycles.